The van der Waals surface area contributed by atoms with Gasteiger partial charge in [-0.2, -0.15) is 4.98 Å². The van der Waals surface area contributed by atoms with E-state index in [4.69, 9.17) is 0 Å². The first kappa shape index (κ1) is 19.0. The van der Waals surface area contributed by atoms with Crippen LogP contribution in [0.1, 0.15) is 18.5 Å². The second-order valence-corrected chi connectivity index (χ2v) is 8.51. The highest BCUT2D eigenvalue weighted by Gasteiger charge is 2.47. The van der Waals surface area contributed by atoms with Crippen LogP contribution in [-0.4, -0.2) is 50.6 Å². The van der Waals surface area contributed by atoms with Crippen molar-refractivity contribution in [3.05, 3.63) is 59.0 Å². The first-order chi connectivity index (χ1) is 14.4. The number of anilines is 2. The van der Waals surface area contributed by atoms with Gasteiger partial charge in [-0.3, -0.25) is 4.90 Å². The fourth-order valence-electron chi connectivity index (χ4n) is 3.60. The molecule has 1 aromatic carbocycles. The molecule has 30 heavy (non-hydrogen) atoms. The Morgan fingerprint density at radius 1 is 1.20 bits per heavy atom. The van der Waals surface area contributed by atoms with Gasteiger partial charge in [0, 0.05) is 37.0 Å². The molecular formula is C20H19BrFN7O. The van der Waals surface area contributed by atoms with Gasteiger partial charge in [-0.1, -0.05) is 15.9 Å². The minimum atomic E-state index is -0.361. The molecule has 1 N–H and O–H groups in total. The third-order valence-electron chi connectivity index (χ3n) is 5.45. The van der Waals surface area contributed by atoms with E-state index in [1.54, 1.807) is 40.0 Å². The Bertz CT molecular complexity index is 1110. The molecule has 2 aromatic heterocycles. The van der Waals surface area contributed by atoms with Gasteiger partial charge in [0.1, 0.15) is 11.6 Å². The average molecular weight is 472 g/mol. The van der Waals surface area contributed by atoms with Crippen molar-refractivity contribution < 1.29 is 9.18 Å². The highest BCUT2D eigenvalue weighted by Crippen LogP contribution is 2.47. The monoisotopic (exact) mass is 471 g/mol. The molecule has 5 rings (SSSR count). The van der Waals surface area contributed by atoms with Crippen molar-refractivity contribution in [1.82, 2.24) is 24.4 Å². The molecule has 2 amide bonds. The summed E-state index contributed by atoms with van der Waals surface area (Å²) in [6, 6.07) is 6.37. The maximum atomic E-state index is 13.7. The lowest BCUT2D eigenvalue weighted by molar-refractivity contribution is 0.229. The molecule has 10 heteroatoms. The van der Waals surface area contributed by atoms with E-state index in [1.165, 1.54) is 12.1 Å². The van der Waals surface area contributed by atoms with Gasteiger partial charge < -0.3 is 14.8 Å². The van der Waals surface area contributed by atoms with E-state index in [-0.39, 0.29) is 17.4 Å². The van der Waals surface area contributed by atoms with Crippen LogP contribution in [0.5, 0.6) is 0 Å². The summed E-state index contributed by atoms with van der Waals surface area (Å²) in [4.78, 5) is 29.0. The molecular weight excluding hydrogens is 453 g/mol. The fourth-order valence-corrected chi connectivity index (χ4v) is 4.06. The highest BCUT2D eigenvalue weighted by molar-refractivity contribution is 9.10. The number of rotatable bonds is 5. The summed E-state index contributed by atoms with van der Waals surface area (Å²) < 4.78 is 16.2. The maximum absolute atomic E-state index is 13.7. The number of likely N-dealkylation sites (N-methyl/N-ethyl adjacent to an activating group) is 1. The first-order valence-corrected chi connectivity index (χ1v) is 10.4. The SMILES string of the molecule is CN1CCN(c2ccnc(NC3(c4cn(-c5cc(F)cc(Br)c5)cn4)CC3)n2)C1=O. The number of hydrogen-bond donors (Lipinski definition) is 1. The predicted molar refractivity (Wildman–Crippen MR) is 113 cm³/mol. The second-order valence-electron chi connectivity index (χ2n) is 7.60. The third-order valence-corrected chi connectivity index (χ3v) is 5.91. The summed E-state index contributed by atoms with van der Waals surface area (Å²) in [5.74, 6) is 0.712. The number of carbonyl (C=O) groups excluding carboxylic acids is 1. The molecule has 2 aliphatic rings. The number of nitrogens with one attached hydrogen (secondary N) is 1. The minimum absolute atomic E-state index is 0.0687. The first-order valence-electron chi connectivity index (χ1n) is 9.58. The van der Waals surface area contributed by atoms with Crippen molar-refractivity contribution in [2.45, 2.75) is 18.4 Å². The summed E-state index contributed by atoms with van der Waals surface area (Å²) in [5, 5.41) is 3.39. The van der Waals surface area contributed by atoms with Crippen molar-refractivity contribution in [2.24, 2.45) is 0 Å². The Kier molecular flexibility index (Phi) is 4.46. The van der Waals surface area contributed by atoms with Crippen molar-refractivity contribution in [3.63, 3.8) is 0 Å². The number of halogens is 2. The van der Waals surface area contributed by atoms with Crippen molar-refractivity contribution in [1.29, 1.82) is 0 Å². The van der Waals surface area contributed by atoms with E-state index in [9.17, 15) is 9.18 Å². The second kappa shape index (κ2) is 7.05. The molecule has 8 nitrogen and oxygen atoms in total. The zero-order valence-electron chi connectivity index (χ0n) is 16.2. The normalized spacial score (nSPS) is 17.5. The van der Waals surface area contributed by atoms with Gasteiger partial charge in [0.15, 0.2) is 0 Å². The largest absolute Gasteiger partial charge is 0.343 e. The molecule has 0 radical (unpaired) electrons. The van der Waals surface area contributed by atoms with Crippen LogP contribution >= 0.6 is 15.9 Å². The molecule has 0 unspecified atom stereocenters. The molecule has 1 saturated heterocycles. The summed E-state index contributed by atoms with van der Waals surface area (Å²) in [6.45, 7) is 1.27. The third kappa shape index (κ3) is 3.41. The number of imidazole rings is 1. The van der Waals surface area contributed by atoms with Crippen LogP contribution in [0.25, 0.3) is 5.69 Å². The summed E-state index contributed by atoms with van der Waals surface area (Å²) in [7, 11) is 1.77. The van der Waals surface area contributed by atoms with Crippen LogP contribution in [0, 0.1) is 5.82 Å². The Labute approximate surface area is 180 Å². The van der Waals surface area contributed by atoms with Gasteiger partial charge in [0.25, 0.3) is 0 Å². The lowest BCUT2D eigenvalue weighted by Crippen LogP contribution is -2.30. The van der Waals surface area contributed by atoms with Crippen molar-refractivity contribution in [3.8, 4) is 5.69 Å². The van der Waals surface area contributed by atoms with E-state index < -0.39 is 0 Å². The maximum Gasteiger partial charge on any atom is 0.325 e. The number of urea groups is 1. The molecule has 154 valence electrons. The molecule has 3 aromatic rings. The van der Waals surface area contributed by atoms with Crippen molar-refractivity contribution in [2.75, 3.05) is 30.4 Å². The Morgan fingerprint density at radius 2 is 2.03 bits per heavy atom. The summed E-state index contributed by atoms with van der Waals surface area (Å²) in [5.41, 5.74) is 1.17. The number of aromatic nitrogens is 4. The van der Waals surface area contributed by atoms with Crippen LogP contribution in [-0.2, 0) is 5.54 Å². The molecule has 1 saturated carbocycles. The summed E-state index contributed by atoms with van der Waals surface area (Å²) >= 11 is 3.32. The average Bonchev–Trinajstić information content (AvgIpc) is 3.17. The Hall–Kier alpha value is -3.01. The summed E-state index contributed by atoms with van der Waals surface area (Å²) in [6.07, 6.45) is 6.99. The van der Waals surface area contributed by atoms with E-state index in [2.05, 4.69) is 36.2 Å². The van der Waals surface area contributed by atoms with Crippen molar-refractivity contribution >= 4 is 33.7 Å². The lowest BCUT2D eigenvalue weighted by Gasteiger charge is -2.18. The van der Waals surface area contributed by atoms with Crippen LogP contribution < -0.4 is 10.2 Å². The van der Waals surface area contributed by atoms with Gasteiger partial charge >= 0.3 is 6.03 Å². The minimum Gasteiger partial charge on any atom is -0.343 e. The lowest BCUT2D eigenvalue weighted by atomic mass is 10.2. The van der Waals surface area contributed by atoms with Crippen LogP contribution in [0.4, 0.5) is 21.0 Å². The van der Waals surface area contributed by atoms with Crippen LogP contribution in [0.2, 0.25) is 0 Å². The van der Waals surface area contributed by atoms with E-state index >= 15 is 0 Å². The van der Waals surface area contributed by atoms with E-state index in [0.29, 0.717) is 35.0 Å². The standard InChI is InChI=1S/C20H19BrFN7O/c1-27-6-7-29(19(27)30)17-2-5-23-18(25-17)26-20(3-4-20)16-11-28(12-24-16)15-9-13(21)8-14(22)10-15/h2,5,8-12H,3-4,6-7H2,1H3,(H,23,25,26). The predicted octanol–water partition coefficient (Wildman–Crippen LogP) is 3.54. The van der Waals surface area contributed by atoms with E-state index in [1.807, 2.05) is 12.3 Å². The van der Waals surface area contributed by atoms with Gasteiger partial charge in [0.2, 0.25) is 5.95 Å². The molecule has 0 bridgehead atoms. The smallest absolute Gasteiger partial charge is 0.325 e. The molecule has 1 aliphatic carbocycles. The number of hydrogen-bond acceptors (Lipinski definition) is 5. The van der Waals surface area contributed by atoms with E-state index in [0.717, 1.165) is 18.5 Å². The van der Waals surface area contributed by atoms with Gasteiger partial charge in [-0.05, 0) is 37.1 Å². The fraction of sp³-hybridized carbons (Fsp3) is 0.300. The highest BCUT2D eigenvalue weighted by atomic mass is 79.9. The topological polar surface area (TPSA) is 79.2 Å². The van der Waals surface area contributed by atoms with Gasteiger partial charge in [-0.15, -0.1) is 0 Å². The number of benzene rings is 1. The van der Waals surface area contributed by atoms with Gasteiger partial charge in [-0.25, -0.2) is 19.2 Å². The van der Waals surface area contributed by atoms with Crippen LogP contribution in [0.15, 0.2) is 47.5 Å². The Morgan fingerprint density at radius 3 is 2.73 bits per heavy atom. The number of nitrogens with zero attached hydrogens (tertiary/aromatic N) is 6. The van der Waals surface area contributed by atoms with Crippen LogP contribution in [0.3, 0.4) is 0 Å². The quantitative estimate of drug-likeness (QED) is 0.615. The Balaban J connectivity index is 1.38. The zero-order valence-corrected chi connectivity index (χ0v) is 17.8. The molecule has 0 atom stereocenters. The molecule has 3 heterocycles. The number of amides is 2. The molecule has 2 fully saturated rings. The number of carbonyl (C=O) groups is 1. The zero-order chi connectivity index (χ0) is 20.9. The van der Waals surface area contributed by atoms with Gasteiger partial charge in [0.05, 0.1) is 23.2 Å². The molecule has 1 aliphatic heterocycles. The molecule has 0 spiro atoms.